The summed E-state index contributed by atoms with van der Waals surface area (Å²) in [5, 5.41) is 14.9. The number of aliphatic hydroxyl groups is 1. The second-order valence-corrected chi connectivity index (χ2v) is 6.79. The summed E-state index contributed by atoms with van der Waals surface area (Å²) in [5.41, 5.74) is 1.04. The second-order valence-electron chi connectivity index (χ2n) is 6.79. The molecule has 25 heavy (non-hydrogen) atoms. The fourth-order valence-corrected chi connectivity index (χ4v) is 3.22. The largest absolute Gasteiger partial charge is 0.394 e. The SMILES string of the molecule is C[C@@H]1CCCCN1C(=O)[C@@H](C)NC(=O)N[C@H](CO)Cc1ccccc1. The summed E-state index contributed by atoms with van der Waals surface area (Å²) in [5.74, 6) is -0.0500. The Hall–Kier alpha value is -2.08. The van der Waals surface area contributed by atoms with Crippen molar-refractivity contribution in [2.24, 2.45) is 0 Å². The number of nitrogens with one attached hydrogen (secondary N) is 2. The molecule has 1 aromatic carbocycles. The minimum Gasteiger partial charge on any atom is -0.394 e. The van der Waals surface area contributed by atoms with Gasteiger partial charge in [0.2, 0.25) is 5.91 Å². The summed E-state index contributed by atoms with van der Waals surface area (Å²) in [6.07, 6.45) is 3.70. The van der Waals surface area contributed by atoms with E-state index in [1.165, 1.54) is 0 Å². The first-order chi connectivity index (χ1) is 12.0. The molecular formula is C19H29N3O3. The number of piperidine rings is 1. The Morgan fingerprint density at radius 2 is 1.96 bits per heavy atom. The molecule has 1 saturated heterocycles. The molecule has 6 heteroatoms. The van der Waals surface area contributed by atoms with Crippen molar-refractivity contribution in [3.63, 3.8) is 0 Å². The predicted octanol–water partition coefficient (Wildman–Crippen LogP) is 1.68. The molecule has 1 aliphatic heterocycles. The van der Waals surface area contributed by atoms with Crippen LogP contribution in [0.2, 0.25) is 0 Å². The third-order valence-corrected chi connectivity index (χ3v) is 4.68. The Balaban J connectivity index is 1.84. The topological polar surface area (TPSA) is 81.7 Å². The molecule has 3 N–H and O–H groups in total. The van der Waals surface area contributed by atoms with Crippen molar-refractivity contribution < 1.29 is 14.7 Å². The number of carbonyl (C=O) groups is 2. The molecule has 3 amide bonds. The van der Waals surface area contributed by atoms with E-state index in [-0.39, 0.29) is 18.6 Å². The molecule has 0 bridgehead atoms. The minimum absolute atomic E-state index is 0.0500. The van der Waals surface area contributed by atoms with E-state index in [2.05, 4.69) is 10.6 Å². The van der Waals surface area contributed by atoms with Crippen LogP contribution in [0.25, 0.3) is 0 Å². The number of rotatable bonds is 6. The molecule has 2 rings (SSSR count). The van der Waals surface area contributed by atoms with Gasteiger partial charge in [-0.1, -0.05) is 30.3 Å². The lowest BCUT2D eigenvalue weighted by Gasteiger charge is -2.35. The number of amides is 3. The summed E-state index contributed by atoms with van der Waals surface area (Å²) in [7, 11) is 0. The fourth-order valence-electron chi connectivity index (χ4n) is 3.22. The zero-order valence-corrected chi connectivity index (χ0v) is 15.1. The lowest BCUT2D eigenvalue weighted by atomic mass is 10.0. The van der Waals surface area contributed by atoms with E-state index >= 15 is 0 Å². The van der Waals surface area contributed by atoms with Gasteiger partial charge >= 0.3 is 6.03 Å². The lowest BCUT2D eigenvalue weighted by Crippen LogP contribution is -2.54. The summed E-state index contributed by atoms with van der Waals surface area (Å²) < 4.78 is 0. The van der Waals surface area contributed by atoms with Crippen molar-refractivity contribution in [1.82, 2.24) is 15.5 Å². The van der Waals surface area contributed by atoms with E-state index in [0.29, 0.717) is 6.42 Å². The maximum absolute atomic E-state index is 12.5. The number of nitrogens with zero attached hydrogens (tertiary/aromatic N) is 1. The van der Waals surface area contributed by atoms with Gasteiger partial charge in [0, 0.05) is 12.6 Å². The molecule has 3 atom stereocenters. The molecule has 6 nitrogen and oxygen atoms in total. The van der Waals surface area contributed by atoms with Crippen LogP contribution in [0.3, 0.4) is 0 Å². The quantitative estimate of drug-likeness (QED) is 0.732. The van der Waals surface area contributed by atoms with E-state index in [1.807, 2.05) is 42.2 Å². The highest BCUT2D eigenvalue weighted by Gasteiger charge is 2.28. The van der Waals surface area contributed by atoms with Crippen LogP contribution in [-0.2, 0) is 11.2 Å². The third-order valence-electron chi connectivity index (χ3n) is 4.68. The minimum atomic E-state index is -0.586. The molecule has 0 unspecified atom stereocenters. The van der Waals surface area contributed by atoms with Gasteiger partial charge in [0.05, 0.1) is 12.6 Å². The lowest BCUT2D eigenvalue weighted by molar-refractivity contribution is -0.136. The van der Waals surface area contributed by atoms with Crippen LogP contribution in [-0.4, -0.2) is 53.2 Å². The Morgan fingerprint density at radius 1 is 1.24 bits per heavy atom. The highest BCUT2D eigenvalue weighted by molar-refractivity contribution is 5.87. The zero-order chi connectivity index (χ0) is 18.2. The first-order valence-electron chi connectivity index (χ1n) is 9.03. The van der Waals surface area contributed by atoms with Crippen molar-refractivity contribution in [2.45, 2.75) is 57.7 Å². The molecule has 0 aromatic heterocycles. The number of aliphatic hydroxyl groups excluding tert-OH is 1. The van der Waals surface area contributed by atoms with Gasteiger partial charge in [0.25, 0.3) is 0 Å². The molecule has 0 radical (unpaired) electrons. The van der Waals surface area contributed by atoms with E-state index in [0.717, 1.165) is 31.4 Å². The number of likely N-dealkylation sites (tertiary alicyclic amines) is 1. The maximum Gasteiger partial charge on any atom is 0.315 e. The van der Waals surface area contributed by atoms with Gasteiger partial charge in [-0.3, -0.25) is 4.79 Å². The first-order valence-corrected chi connectivity index (χ1v) is 9.03. The van der Waals surface area contributed by atoms with Gasteiger partial charge in [-0.15, -0.1) is 0 Å². The van der Waals surface area contributed by atoms with Gasteiger partial charge in [-0.2, -0.15) is 0 Å². The highest BCUT2D eigenvalue weighted by atomic mass is 16.3. The molecule has 1 fully saturated rings. The first kappa shape index (κ1) is 19.2. The Kier molecular flexibility index (Phi) is 7.25. The second kappa shape index (κ2) is 9.42. The Labute approximate surface area is 149 Å². The molecule has 138 valence electrons. The maximum atomic E-state index is 12.5. The van der Waals surface area contributed by atoms with Crippen LogP contribution in [0.1, 0.15) is 38.7 Å². The molecule has 0 spiro atoms. The van der Waals surface area contributed by atoms with Crippen molar-refractivity contribution in [1.29, 1.82) is 0 Å². The number of benzene rings is 1. The molecule has 1 aliphatic rings. The average Bonchev–Trinajstić information content (AvgIpc) is 2.61. The molecule has 0 aliphatic carbocycles. The van der Waals surface area contributed by atoms with Crippen molar-refractivity contribution >= 4 is 11.9 Å². The Morgan fingerprint density at radius 3 is 2.60 bits per heavy atom. The summed E-state index contributed by atoms with van der Waals surface area (Å²) in [6.45, 7) is 4.34. The zero-order valence-electron chi connectivity index (χ0n) is 15.1. The normalized spacial score (nSPS) is 19.8. The van der Waals surface area contributed by atoms with Gasteiger partial charge in [-0.25, -0.2) is 4.79 Å². The smallest absolute Gasteiger partial charge is 0.315 e. The number of urea groups is 1. The fraction of sp³-hybridized carbons (Fsp3) is 0.579. The molecular weight excluding hydrogens is 318 g/mol. The van der Waals surface area contributed by atoms with Crippen LogP contribution >= 0.6 is 0 Å². The number of carbonyl (C=O) groups excluding carboxylic acids is 2. The van der Waals surface area contributed by atoms with Crippen molar-refractivity contribution in [3.8, 4) is 0 Å². The summed E-state index contributed by atoms with van der Waals surface area (Å²) in [6, 6.07) is 8.48. The number of hydrogen-bond acceptors (Lipinski definition) is 3. The van der Waals surface area contributed by atoms with Crippen LogP contribution < -0.4 is 10.6 Å². The van der Waals surface area contributed by atoms with Crippen molar-refractivity contribution in [2.75, 3.05) is 13.2 Å². The van der Waals surface area contributed by atoms with Gasteiger partial charge in [0.15, 0.2) is 0 Å². The van der Waals surface area contributed by atoms with Gasteiger partial charge in [0.1, 0.15) is 6.04 Å². The number of hydrogen-bond donors (Lipinski definition) is 3. The Bertz CT molecular complexity index is 564. The standard InChI is InChI=1S/C19H29N3O3/c1-14-8-6-7-11-22(14)18(24)15(2)20-19(25)21-17(13-23)12-16-9-4-3-5-10-16/h3-5,9-10,14-15,17,23H,6-8,11-13H2,1-2H3,(H2,20,21,25)/t14-,15-,17+/m1/s1. The molecule has 1 heterocycles. The van der Waals surface area contributed by atoms with Crippen molar-refractivity contribution in [3.05, 3.63) is 35.9 Å². The van der Waals surface area contributed by atoms with E-state index < -0.39 is 18.1 Å². The van der Waals surface area contributed by atoms with Crippen LogP contribution in [0.15, 0.2) is 30.3 Å². The van der Waals surface area contributed by atoms with E-state index in [9.17, 15) is 14.7 Å². The van der Waals surface area contributed by atoms with Crippen LogP contribution in [0.4, 0.5) is 4.79 Å². The highest BCUT2D eigenvalue weighted by Crippen LogP contribution is 2.17. The van der Waals surface area contributed by atoms with E-state index in [1.54, 1.807) is 6.92 Å². The summed E-state index contributed by atoms with van der Waals surface area (Å²) in [4.78, 5) is 26.6. The predicted molar refractivity (Wildman–Crippen MR) is 97.2 cm³/mol. The monoisotopic (exact) mass is 347 g/mol. The summed E-state index contributed by atoms with van der Waals surface area (Å²) >= 11 is 0. The van der Waals surface area contributed by atoms with Crippen LogP contribution in [0, 0.1) is 0 Å². The van der Waals surface area contributed by atoms with E-state index in [4.69, 9.17) is 0 Å². The third kappa shape index (κ3) is 5.74. The van der Waals surface area contributed by atoms with Gasteiger partial charge in [-0.05, 0) is 45.1 Å². The van der Waals surface area contributed by atoms with Crippen LogP contribution in [0.5, 0.6) is 0 Å². The molecule has 1 aromatic rings. The molecule has 0 saturated carbocycles. The van der Waals surface area contributed by atoms with Gasteiger partial charge < -0.3 is 20.6 Å². The average molecular weight is 347 g/mol.